The number of carbonyl (C=O) groups is 3. The number of hydrogen-bond donors (Lipinski definition) is 1. The Kier molecular flexibility index (Phi) is 8.22. The fraction of sp³-hybridized carbons (Fsp3) is 0.318. The van der Waals surface area contributed by atoms with Crippen LogP contribution in [0.4, 0.5) is 5.69 Å². The van der Waals surface area contributed by atoms with E-state index in [1.54, 1.807) is 49.4 Å². The molecule has 0 spiro atoms. The van der Waals surface area contributed by atoms with E-state index >= 15 is 0 Å². The molecule has 160 valence electrons. The highest BCUT2D eigenvalue weighted by atomic mass is 16.6. The van der Waals surface area contributed by atoms with E-state index in [-0.39, 0.29) is 12.4 Å². The lowest BCUT2D eigenvalue weighted by atomic mass is 10.1. The van der Waals surface area contributed by atoms with E-state index in [2.05, 4.69) is 5.32 Å². The van der Waals surface area contributed by atoms with Crippen LogP contribution >= 0.6 is 0 Å². The van der Waals surface area contributed by atoms with Crippen molar-refractivity contribution in [3.8, 4) is 17.2 Å². The second-order valence-electron chi connectivity index (χ2n) is 6.28. The number of anilines is 1. The standard InChI is InChI=1S/C22H25NO7/c1-5-19(24)15-6-8-16(9-7-15)29-13-21(25)30-14(2)22(26)23-18-12-17(27-3)10-11-20(18)28-4/h6-12,14H,5,13H2,1-4H3,(H,23,26). The lowest BCUT2D eigenvalue weighted by Crippen LogP contribution is -2.31. The summed E-state index contributed by atoms with van der Waals surface area (Å²) >= 11 is 0. The van der Waals surface area contributed by atoms with Gasteiger partial charge in [0.2, 0.25) is 0 Å². The third-order valence-electron chi connectivity index (χ3n) is 4.20. The summed E-state index contributed by atoms with van der Waals surface area (Å²) in [6, 6.07) is 11.4. The van der Waals surface area contributed by atoms with Crippen molar-refractivity contribution in [1.29, 1.82) is 0 Å². The zero-order valence-corrected chi connectivity index (χ0v) is 17.4. The number of carbonyl (C=O) groups excluding carboxylic acids is 3. The molecule has 8 heteroatoms. The van der Waals surface area contributed by atoms with Gasteiger partial charge in [0.15, 0.2) is 18.5 Å². The first-order valence-electron chi connectivity index (χ1n) is 9.36. The molecule has 1 unspecified atom stereocenters. The van der Waals surface area contributed by atoms with E-state index in [0.717, 1.165) is 0 Å². The fourth-order valence-electron chi connectivity index (χ4n) is 2.51. The van der Waals surface area contributed by atoms with Crippen molar-refractivity contribution < 1.29 is 33.3 Å². The van der Waals surface area contributed by atoms with Gasteiger partial charge in [-0.15, -0.1) is 0 Å². The molecule has 0 saturated heterocycles. The lowest BCUT2D eigenvalue weighted by Gasteiger charge is -2.16. The van der Waals surface area contributed by atoms with Crippen molar-refractivity contribution in [2.45, 2.75) is 26.4 Å². The number of ether oxygens (including phenoxy) is 4. The van der Waals surface area contributed by atoms with Gasteiger partial charge in [0, 0.05) is 18.1 Å². The first-order valence-corrected chi connectivity index (χ1v) is 9.36. The van der Waals surface area contributed by atoms with Gasteiger partial charge in [-0.2, -0.15) is 0 Å². The largest absolute Gasteiger partial charge is 0.497 e. The molecular weight excluding hydrogens is 390 g/mol. The molecular formula is C22H25NO7. The van der Waals surface area contributed by atoms with Gasteiger partial charge in [-0.3, -0.25) is 9.59 Å². The molecule has 0 fully saturated rings. The summed E-state index contributed by atoms with van der Waals surface area (Å²) in [6.45, 7) is 2.86. The van der Waals surface area contributed by atoms with E-state index in [1.165, 1.54) is 21.1 Å². The van der Waals surface area contributed by atoms with Gasteiger partial charge >= 0.3 is 5.97 Å². The van der Waals surface area contributed by atoms with Crippen LogP contribution in [0, 0.1) is 0 Å². The Balaban J connectivity index is 1.88. The van der Waals surface area contributed by atoms with Crippen molar-refractivity contribution in [1.82, 2.24) is 0 Å². The summed E-state index contributed by atoms with van der Waals surface area (Å²) in [6.07, 6.45) is -0.643. The molecule has 0 bridgehead atoms. The molecule has 2 aromatic rings. The topological polar surface area (TPSA) is 100 Å². The zero-order valence-electron chi connectivity index (χ0n) is 17.4. The molecule has 0 radical (unpaired) electrons. The molecule has 1 N–H and O–H groups in total. The number of methoxy groups -OCH3 is 2. The Morgan fingerprint density at radius 1 is 0.967 bits per heavy atom. The van der Waals surface area contributed by atoms with Gasteiger partial charge in [0.05, 0.1) is 19.9 Å². The van der Waals surface area contributed by atoms with Crippen LogP contribution in [0.1, 0.15) is 30.6 Å². The summed E-state index contributed by atoms with van der Waals surface area (Å²) in [5.74, 6) is 0.180. The smallest absolute Gasteiger partial charge is 0.344 e. The predicted octanol–water partition coefficient (Wildman–Crippen LogP) is 3.25. The summed E-state index contributed by atoms with van der Waals surface area (Å²) in [5, 5.41) is 2.64. The maximum absolute atomic E-state index is 12.4. The molecule has 0 aliphatic carbocycles. The molecule has 0 aromatic heterocycles. The molecule has 2 aromatic carbocycles. The van der Waals surface area contributed by atoms with Crippen LogP contribution in [-0.4, -0.2) is 44.6 Å². The number of benzene rings is 2. The van der Waals surface area contributed by atoms with E-state index < -0.39 is 18.0 Å². The molecule has 0 aliphatic heterocycles. The maximum atomic E-state index is 12.4. The molecule has 2 rings (SSSR count). The SMILES string of the molecule is CCC(=O)c1ccc(OCC(=O)OC(C)C(=O)Nc2cc(OC)ccc2OC)cc1. The van der Waals surface area contributed by atoms with Crippen LogP contribution in [0.15, 0.2) is 42.5 Å². The Morgan fingerprint density at radius 2 is 1.63 bits per heavy atom. The van der Waals surface area contributed by atoms with Crippen LogP contribution in [0.5, 0.6) is 17.2 Å². The Bertz CT molecular complexity index is 893. The summed E-state index contributed by atoms with van der Waals surface area (Å²) in [7, 11) is 2.98. The van der Waals surface area contributed by atoms with Gasteiger partial charge in [0.1, 0.15) is 17.2 Å². The lowest BCUT2D eigenvalue weighted by molar-refractivity contribution is -0.155. The molecule has 1 atom stereocenters. The maximum Gasteiger partial charge on any atom is 0.344 e. The number of ketones is 1. The van der Waals surface area contributed by atoms with Crippen LogP contribution in [0.2, 0.25) is 0 Å². The number of hydrogen-bond acceptors (Lipinski definition) is 7. The van der Waals surface area contributed by atoms with Crippen molar-refractivity contribution in [3.05, 3.63) is 48.0 Å². The van der Waals surface area contributed by atoms with E-state index in [9.17, 15) is 14.4 Å². The van der Waals surface area contributed by atoms with E-state index in [0.29, 0.717) is 34.9 Å². The number of amides is 1. The van der Waals surface area contributed by atoms with Gasteiger partial charge in [-0.25, -0.2) is 4.79 Å². The number of Topliss-reactive ketones (excluding diaryl/α,β-unsaturated/α-hetero) is 1. The highest BCUT2D eigenvalue weighted by Gasteiger charge is 2.20. The normalized spacial score (nSPS) is 11.2. The van der Waals surface area contributed by atoms with Gasteiger partial charge in [-0.1, -0.05) is 6.92 Å². The zero-order chi connectivity index (χ0) is 22.1. The molecule has 0 saturated carbocycles. The third-order valence-corrected chi connectivity index (χ3v) is 4.20. The average Bonchev–Trinajstić information content (AvgIpc) is 2.77. The summed E-state index contributed by atoms with van der Waals surface area (Å²) < 4.78 is 20.8. The summed E-state index contributed by atoms with van der Waals surface area (Å²) in [5.41, 5.74) is 0.966. The second kappa shape index (κ2) is 10.8. The first kappa shape index (κ1) is 22.7. The van der Waals surface area contributed by atoms with Crippen LogP contribution < -0.4 is 19.5 Å². The molecule has 30 heavy (non-hydrogen) atoms. The highest BCUT2D eigenvalue weighted by molar-refractivity contribution is 5.97. The monoisotopic (exact) mass is 415 g/mol. The van der Waals surface area contributed by atoms with Crippen LogP contribution in [-0.2, 0) is 14.3 Å². The molecule has 0 aliphatic rings. The van der Waals surface area contributed by atoms with Gasteiger partial charge in [0.25, 0.3) is 5.91 Å². The Labute approximate surface area is 175 Å². The fourth-order valence-corrected chi connectivity index (χ4v) is 2.51. The summed E-state index contributed by atoms with van der Waals surface area (Å²) in [4.78, 5) is 36.0. The van der Waals surface area contributed by atoms with Crippen molar-refractivity contribution in [2.24, 2.45) is 0 Å². The highest BCUT2D eigenvalue weighted by Crippen LogP contribution is 2.29. The van der Waals surface area contributed by atoms with Crippen LogP contribution in [0.3, 0.4) is 0 Å². The molecule has 8 nitrogen and oxygen atoms in total. The van der Waals surface area contributed by atoms with E-state index in [4.69, 9.17) is 18.9 Å². The van der Waals surface area contributed by atoms with Crippen LogP contribution in [0.25, 0.3) is 0 Å². The van der Waals surface area contributed by atoms with Gasteiger partial charge in [-0.05, 0) is 43.3 Å². The van der Waals surface area contributed by atoms with Crippen molar-refractivity contribution in [2.75, 3.05) is 26.1 Å². The second-order valence-corrected chi connectivity index (χ2v) is 6.28. The van der Waals surface area contributed by atoms with Crippen molar-refractivity contribution >= 4 is 23.3 Å². The molecule has 1 amide bonds. The minimum absolute atomic E-state index is 0.0217. The minimum atomic E-state index is -1.05. The Morgan fingerprint density at radius 3 is 2.23 bits per heavy atom. The number of esters is 1. The third kappa shape index (κ3) is 6.23. The average molecular weight is 415 g/mol. The minimum Gasteiger partial charge on any atom is -0.497 e. The number of nitrogens with one attached hydrogen (secondary N) is 1. The van der Waals surface area contributed by atoms with Crippen molar-refractivity contribution in [3.63, 3.8) is 0 Å². The predicted molar refractivity (Wildman–Crippen MR) is 110 cm³/mol. The quantitative estimate of drug-likeness (QED) is 0.470. The molecule has 0 heterocycles. The van der Waals surface area contributed by atoms with E-state index in [1.807, 2.05) is 0 Å². The number of rotatable bonds is 10. The Hall–Kier alpha value is -3.55. The first-order chi connectivity index (χ1) is 14.4. The van der Waals surface area contributed by atoms with Gasteiger partial charge < -0.3 is 24.3 Å².